The van der Waals surface area contributed by atoms with Crippen molar-refractivity contribution in [2.75, 3.05) is 6.61 Å². The number of aliphatic hydroxyl groups excluding tert-OH is 1. The molecule has 0 saturated carbocycles. The molecule has 0 spiro atoms. The number of aliphatic hydroxyl groups is 1. The molecule has 1 aromatic rings. The summed E-state index contributed by atoms with van der Waals surface area (Å²) in [6.07, 6.45) is 1.28. The molecule has 1 heterocycles. The average molecular weight is 283 g/mol. The molecule has 0 fully saturated rings. The molecule has 6 heteroatoms. The summed E-state index contributed by atoms with van der Waals surface area (Å²) >= 11 is 0. The van der Waals surface area contributed by atoms with Crippen molar-refractivity contribution in [1.29, 1.82) is 0 Å². The lowest BCUT2D eigenvalue weighted by Crippen LogP contribution is -2.50. The van der Waals surface area contributed by atoms with Gasteiger partial charge in [-0.05, 0) is 25.7 Å². The molecule has 2 amide bonds. The molecule has 0 aliphatic rings. The zero-order valence-corrected chi connectivity index (χ0v) is 12.7. The van der Waals surface area contributed by atoms with Crippen LogP contribution in [0, 0.1) is 0 Å². The second-order valence-electron chi connectivity index (χ2n) is 5.57. The number of nitrogens with one attached hydrogen (secondary N) is 2. The van der Waals surface area contributed by atoms with Crippen LogP contribution >= 0.6 is 0 Å². The molecule has 1 atom stereocenters. The quantitative estimate of drug-likeness (QED) is 0.715. The lowest BCUT2D eigenvalue weighted by Gasteiger charge is -2.28. The summed E-state index contributed by atoms with van der Waals surface area (Å²) < 4.78 is 5.15. The van der Waals surface area contributed by atoms with Crippen LogP contribution in [0.5, 0.6) is 0 Å². The highest BCUT2D eigenvalue weighted by atomic mass is 16.5. The molecule has 114 valence electrons. The summed E-state index contributed by atoms with van der Waals surface area (Å²) in [6, 6.07) is 1.57. The summed E-state index contributed by atoms with van der Waals surface area (Å²) in [5, 5.41) is 18.6. The molecule has 3 N–H and O–H groups in total. The first-order valence-electron chi connectivity index (χ1n) is 7.02. The van der Waals surface area contributed by atoms with Gasteiger partial charge in [-0.15, -0.1) is 0 Å². The lowest BCUT2D eigenvalue weighted by atomic mass is 9.95. The van der Waals surface area contributed by atoms with Gasteiger partial charge in [0, 0.05) is 18.2 Å². The van der Waals surface area contributed by atoms with E-state index in [9.17, 15) is 4.79 Å². The molecule has 0 saturated heterocycles. The molecule has 0 radical (unpaired) electrons. The fourth-order valence-corrected chi connectivity index (χ4v) is 1.74. The van der Waals surface area contributed by atoms with Gasteiger partial charge in [0.05, 0.1) is 12.2 Å². The molecule has 0 aromatic carbocycles. The number of urea groups is 1. The Morgan fingerprint density at radius 3 is 2.75 bits per heavy atom. The van der Waals surface area contributed by atoms with E-state index in [4.69, 9.17) is 9.63 Å². The molecule has 20 heavy (non-hydrogen) atoms. The second-order valence-corrected chi connectivity index (χ2v) is 5.57. The van der Waals surface area contributed by atoms with E-state index in [1.807, 2.05) is 33.8 Å². The third kappa shape index (κ3) is 4.85. The normalized spacial score (nSPS) is 14.1. The number of amides is 2. The van der Waals surface area contributed by atoms with Gasteiger partial charge in [0.15, 0.2) is 5.76 Å². The first-order chi connectivity index (χ1) is 9.40. The number of carbonyl (C=O) groups excluding carboxylic acids is 1. The Bertz CT molecular complexity index is 431. The molecule has 1 rings (SSSR count). The molecule has 1 unspecified atom stereocenters. The number of carbonyl (C=O) groups is 1. The van der Waals surface area contributed by atoms with Crippen LogP contribution in [0.2, 0.25) is 0 Å². The van der Waals surface area contributed by atoms with Crippen molar-refractivity contribution in [1.82, 2.24) is 15.8 Å². The van der Waals surface area contributed by atoms with Gasteiger partial charge in [0.1, 0.15) is 0 Å². The number of hydrogen-bond acceptors (Lipinski definition) is 4. The van der Waals surface area contributed by atoms with Gasteiger partial charge in [-0.2, -0.15) is 0 Å². The Morgan fingerprint density at radius 1 is 1.55 bits per heavy atom. The SMILES string of the molecule is CCC(C)(CCO)NC(=O)NCc1cc(C(C)C)no1. The van der Waals surface area contributed by atoms with Gasteiger partial charge in [-0.1, -0.05) is 25.9 Å². The Hall–Kier alpha value is -1.56. The molecule has 6 nitrogen and oxygen atoms in total. The van der Waals surface area contributed by atoms with Crippen LogP contribution in [0.15, 0.2) is 10.6 Å². The van der Waals surface area contributed by atoms with Crippen LogP contribution in [0.3, 0.4) is 0 Å². The number of nitrogens with zero attached hydrogens (tertiary/aromatic N) is 1. The van der Waals surface area contributed by atoms with E-state index in [0.717, 1.165) is 12.1 Å². The topological polar surface area (TPSA) is 87.4 Å². The first kappa shape index (κ1) is 16.5. The molecule has 0 aliphatic carbocycles. The average Bonchev–Trinajstić information content (AvgIpc) is 2.85. The van der Waals surface area contributed by atoms with Crippen LogP contribution in [0.4, 0.5) is 4.79 Å². The predicted octanol–water partition coefficient (Wildman–Crippen LogP) is 2.15. The minimum absolute atomic E-state index is 0.0461. The molecule has 0 bridgehead atoms. The van der Waals surface area contributed by atoms with E-state index in [-0.39, 0.29) is 12.6 Å². The van der Waals surface area contributed by atoms with E-state index in [2.05, 4.69) is 15.8 Å². The van der Waals surface area contributed by atoms with Gasteiger partial charge >= 0.3 is 6.03 Å². The zero-order valence-electron chi connectivity index (χ0n) is 12.7. The van der Waals surface area contributed by atoms with Crippen molar-refractivity contribution in [2.24, 2.45) is 0 Å². The standard InChI is InChI=1S/C14H25N3O3/c1-5-14(4,6-7-18)16-13(19)15-9-11-8-12(10(2)3)17-20-11/h8,10,18H,5-7,9H2,1-4H3,(H2,15,16,19). The van der Waals surface area contributed by atoms with Crippen molar-refractivity contribution in [3.05, 3.63) is 17.5 Å². The van der Waals surface area contributed by atoms with Gasteiger partial charge in [0.2, 0.25) is 0 Å². The zero-order chi connectivity index (χ0) is 15.2. The number of aromatic nitrogens is 1. The third-order valence-electron chi connectivity index (χ3n) is 3.45. The Morgan fingerprint density at radius 2 is 2.25 bits per heavy atom. The summed E-state index contributed by atoms with van der Waals surface area (Å²) in [4.78, 5) is 11.8. The fraction of sp³-hybridized carbons (Fsp3) is 0.714. The van der Waals surface area contributed by atoms with E-state index in [0.29, 0.717) is 24.6 Å². The van der Waals surface area contributed by atoms with Crippen molar-refractivity contribution in [3.63, 3.8) is 0 Å². The summed E-state index contributed by atoms with van der Waals surface area (Å²) in [6.45, 7) is 8.29. The van der Waals surface area contributed by atoms with Crippen LogP contribution in [-0.4, -0.2) is 28.4 Å². The third-order valence-corrected chi connectivity index (χ3v) is 3.45. The predicted molar refractivity (Wildman–Crippen MR) is 76.4 cm³/mol. The number of hydrogen-bond donors (Lipinski definition) is 3. The molecular weight excluding hydrogens is 258 g/mol. The maximum absolute atomic E-state index is 11.8. The number of rotatable bonds is 7. The van der Waals surface area contributed by atoms with Crippen LogP contribution in [0.1, 0.15) is 57.9 Å². The van der Waals surface area contributed by atoms with Crippen LogP contribution < -0.4 is 10.6 Å². The second kappa shape index (κ2) is 7.28. The summed E-state index contributed by atoms with van der Waals surface area (Å²) in [7, 11) is 0. The Kier molecular flexibility index (Phi) is 6.01. The first-order valence-corrected chi connectivity index (χ1v) is 7.02. The smallest absolute Gasteiger partial charge is 0.315 e. The summed E-state index contributed by atoms with van der Waals surface area (Å²) in [5.41, 5.74) is 0.476. The van der Waals surface area contributed by atoms with E-state index in [1.54, 1.807) is 0 Å². The largest absolute Gasteiger partial charge is 0.396 e. The minimum Gasteiger partial charge on any atom is -0.396 e. The van der Waals surface area contributed by atoms with E-state index >= 15 is 0 Å². The highest BCUT2D eigenvalue weighted by Crippen LogP contribution is 2.15. The van der Waals surface area contributed by atoms with Crippen LogP contribution in [-0.2, 0) is 6.54 Å². The highest BCUT2D eigenvalue weighted by Gasteiger charge is 2.23. The van der Waals surface area contributed by atoms with E-state index in [1.165, 1.54) is 0 Å². The van der Waals surface area contributed by atoms with Crippen molar-refractivity contribution < 1.29 is 14.4 Å². The van der Waals surface area contributed by atoms with Gasteiger partial charge in [-0.3, -0.25) is 0 Å². The van der Waals surface area contributed by atoms with Crippen molar-refractivity contribution in [3.8, 4) is 0 Å². The minimum atomic E-state index is -0.399. The van der Waals surface area contributed by atoms with Crippen LogP contribution in [0.25, 0.3) is 0 Å². The van der Waals surface area contributed by atoms with Crippen molar-refractivity contribution in [2.45, 2.75) is 58.5 Å². The van der Waals surface area contributed by atoms with Gasteiger partial charge in [-0.25, -0.2) is 4.79 Å². The Labute approximate surface area is 119 Å². The lowest BCUT2D eigenvalue weighted by molar-refractivity contribution is 0.200. The van der Waals surface area contributed by atoms with Gasteiger partial charge < -0.3 is 20.3 Å². The van der Waals surface area contributed by atoms with Crippen molar-refractivity contribution >= 4 is 6.03 Å². The van der Waals surface area contributed by atoms with Gasteiger partial charge in [0.25, 0.3) is 0 Å². The maximum Gasteiger partial charge on any atom is 0.315 e. The molecule has 1 aromatic heterocycles. The maximum atomic E-state index is 11.8. The monoisotopic (exact) mass is 283 g/mol. The Balaban J connectivity index is 2.46. The molecular formula is C14H25N3O3. The molecule has 0 aliphatic heterocycles. The van der Waals surface area contributed by atoms with E-state index < -0.39 is 5.54 Å². The summed E-state index contributed by atoms with van der Waals surface area (Å²) in [5.74, 6) is 0.929. The fourth-order valence-electron chi connectivity index (χ4n) is 1.74. The highest BCUT2D eigenvalue weighted by molar-refractivity contribution is 5.74.